The summed E-state index contributed by atoms with van der Waals surface area (Å²) in [7, 11) is 0. The molecule has 0 bridgehead atoms. The predicted molar refractivity (Wildman–Crippen MR) is 94.4 cm³/mol. The van der Waals surface area contributed by atoms with E-state index in [1.807, 2.05) is 0 Å². The Bertz CT molecular complexity index is 497. The number of benzene rings is 1. The standard InChI is InChI=1S/C19H29NO3/c1-2-3-4-5-6-7-8-9-14-20-19(23)13-11-16-10-12-17(21)18(22)15-16/h10-13,15,21-22H,2-9,14H2,1H3,(H,20,23)/b13-11+. The van der Waals surface area contributed by atoms with Crippen molar-refractivity contribution in [2.75, 3.05) is 6.54 Å². The van der Waals surface area contributed by atoms with Crippen LogP contribution in [0.3, 0.4) is 0 Å². The van der Waals surface area contributed by atoms with Gasteiger partial charge >= 0.3 is 0 Å². The molecule has 0 aromatic heterocycles. The van der Waals surface area contributed by atoms with Crippen LogP contribution in [0.1, 0.15) is 63.9 Å². The summed E-state index contributed by atoms with van der Waals surface area (Å²) in [6.07, 6.45) is 13.0. The molecule has 4 nitrogen and oxygen atoms in total. The van der Waals surface area contributed by atoms with Crippen molar-refractivity contribution in [3.63, 3.8) is 0 Å². The monoisotopic (exact) mass is 319 g/mol. The van der Waals surface area contributed by atoms with E-state index < -0.39 is 0 Å². The van der Waals surface area contributed by atoms with Crippen molar-refractivity contribution in [2.45, 2.75) is 58.3 Å². The Balaban J connectivity index is 2.10. The topological polar surface area (TPSA) is 69.6 Å². The molecule has 0 saturated carbocycles. The summed E-state index contributed by atoms with van der Waals surface area (Å²) in [5.74, 6) is -0.492. The average Bonchev–Trinajstić information content (AvgIpc) is 2.54. The fourth-order valence-electron chi connectivity index (χ4n) is 2.35. The molecular weight excluding hydrogens is 290 g/mol. The van der Waals surface area contributed by atoms with Crippen molar-refractivity contribution in [2.24, 2.45) is 0 Å². The first-order chi connectivity index (χ1) is 11.1. The number of rotatable bonds is 11. The van der Waals surface area contributed by atoms with Crippen molar-refractivity contribution < 1.29 is 15.0 Å². The zero-order valence-corrected chi connectivity index (χ0v) is 14.1. The lowest BCUT2D eigenvalue weighted by atomic mass is 10.1. The molecule has 1 rings (SSSR count). The van der Waals surface area contributed by atoms with Crippen LogP contribution < -0.4 is 5.32 Å². The summed E-state index contributed by atoms with van der Waals surface area (Å²) < 4.78 is 0. The van der Waals surface area contributed by atoms with Crippen LogP contribution >= 0.6 is 0 Å². The van der Waals surface area contributed by atoms with Gasteiger partial charge in [-0.15, -0.1) is 0 Å². The molecular formula is C19H29NO3. The van der Waals surface area contributed by atoms with E-state index in [0.717, 1.165) is 12.8 Å². The third-order valence-corrected chi connectivity index (χ3v) is 3.76. The number of carbonyl (C=O) groups is 1. The van der Waals surface area contributed by atoms with E-state index in [0.29, 0.717) is 12.1 Å². The van der Waals surface area contributed by atoms with Gasteiger partial charge in [-0.25, -0.2) is 0 Å². The van der Waals surface area contributed by atoms with E-state index in [1.165, 1.54) is 56.7 Å². The number of hydrogen-bond acceptors (Lipinski definition) is 3. The molecule has 23 heavy (non-hydrogen) atoms. The Morgan fingerprint density at radius 3 is 2.30 bits per heavy atom. The van der Waals surface area contributed by atoms with E-state index in [9.17, 15) is 15.0 Å². The highest BCUT2D eigenvalue weighted by molar-refractivity contribution is 5.91. The largest absolute Gasteiger partial charge is 0.504 e. The van der Waals surface area contributed by atoms with Gasteiger partial charge in [0.15, 0.2) is 11.5 Å². The highest BCUT2D eigenvalue weighted by Gasteiger charge is 1.99. The second kappa shape index (κ2) is 11.6. The van der Waals surface area contributed by atoms with Crippen LogP contribution in [0.4, 0.5) is 0 Å². The zero-order valence-electron chi connectivity index (χ0n) is 14.1. The number of phenolic OH excluding ortho intramolecular Hbond substituents is 2. The first-order valence-electron chi connectivity index (χ1n) is 8.61. The molecule has 0 heterocycles. The lowest BCUT2D eigenvalue weighted by Crippen LogP contribution is -2.21. The van der Waals surface area contributed by atoms with E-state index in [4.69, 9.17) is 0 Å². The molecule has 0 aliphatic carbocycles. The van der Waals surface area contributed by atoms with Crippen molar-refractivity contribution in [3.05, 3.63) is 29.8 Å². The SMILES string of the molecule is CCCCCCCCCCNC(=O)/C=C/c1ccc(O)c(O)c1. The minimum absolute atomic E-state index is 0.138. The van der Waals surface area contributed by atoms with Gasteiger partial charge in [0.05, 0.1) is 0 Å². The molecule has 128 valence electrons. The summed E-state index contributed by atoms with van der Waals surface area (Å²) in [5.41, 5.74) is 0.669. The van der Waals surface area contributed by atoms with E-state index in [1.54, 1.807) is 12.1 Å². The summed E-state index contributed by atoms with van der Waals surface area (Å²) in [6, 6.07) is 4.45. The van der Waals surface area contributed by atoms with Crippen LogP contribution in [0, 0.1) is 0 Å². The molecule has 0 aliphatic heterocycles. The molecule has 0 fully saturated rings. The summed E-state index contributed by atoms with van der Waals surface area (Å²) in [5, 5.41) is 21.4. The predicted octanol–water partition coefficient (Wildman–Crippen LogP) is 4.37. The lowest BCUT2D eigenvalue weighted by Gasteiger charge is -2.03. The van der Waals surface area contributed by atoms with E-state index in [-0.39, 0.29) is 17.4 Å². The summed E-state index contributed by atoms with van der Waals surface area (Å²) in [4.78, 5) is 11.7. The lowest BCUT2D eigenvalue weighted by molar-refractivity contribution is -0.116. The van der Waals surface area contributed by atoms with Gasteiger partial charge in [-0.05, 0) is 30.2 Å². The molecule has 0 aliphatic rings. The molecule has 1 aromatic carbocycles. The molecule has 3 N–H and O–H groups in total. The summed E-state index contributed by atoms with van der Waals surface area (Å²) in [6.45, 7) is 2.92. The minimum Gasteiger partial charge on any atom is -0.504 e. The fourth-order valence-corrected chi connectivity index (χ4v) is 2.35. The van der Waals surface area contributed by atoms with Crippen LogP contribution in [-0.4, -0.2) is 22.7 Å². The van der Waals surface area contributed by atoms with Crippen LogP contribution in [-0.2, 0) is 4.79 Å². The third-order valence-electron chi connectivity index (χ3n) is 3.76. The van der Waals surface area contributed by atoms with Gasteiger partial charge in [-0.1, -0.05) is 57.9 Å². The average molecular weight is 319 g/mol. The van der Waals surface area contributed by atoms with E-state index >= 15 is 0 Å². The molecule has 0 unspecified atom stereocenters. The minimum atomic E-state index is -0.188. The molecule has 0 saturated heterocycles. The quantitative estimate of drug-likeness (QED) is 0.322. The highest BCUT2D eigenvalue weighted by Crippen LogP contribution is 2.25. The van der Waals surface area contributed by atoms with Gasteiger partial charge in [-0.2, -0.15) is 0 Å². The number of hydrogen-bond donors (Lipinski definition) is 3. The van der Waals surface area contributed by atoms with Gasteiger partial charge < -0.3 is 15.5 Å². The van der Waals surface area contributed by atoms with Crippen LogP contribution in [0.2, 0.25) is 0 Å². The molecule has 4 heteroatoms. The number of unbranched alkanes of at least 4 members (excludes halogenated alkanes) is 7. The zero-order chi connectivity index (χ0) is 16.9. The smallest absolute Gasteiger partial charge is 0.243 e. The molecule has 0 spiro atoms. The molecule has 0 atom stereocenters. The maximum atomic E-state index is 11.7. The van der Waals surface area contributed by atoms with Crippen LogP contribution in [0.25, 0.3) is 6.08 Å². The highest BCUT2D eigenvalue weighted by atomic mass is 16.3. The second-order valence-electron chi connectivity index (χ2n) is 5.85. The van der Waals surface area contributed by atoms with Crippen molar-refractivity contribution in [1.82, 2.24) is 5.32 Å². The van der Waals surface area contributed by atoms with Crippen molar-refractivity contribution in [1.29, 1.82) is 0 Å². The van der Waals surface area contributed by atoms with Gasteiger partial charge in [0.25, 0.3) is 0 Å². The normalized spacial score (nSPS) is 11.0. The third kappa shape index (κ3) is 8.91. The Morgan fingerprint density at radius 1 is 1.00 bits per heavy atom. The van der Waals surface area contributed by atoms with E-state index in [2.05, 4.69) is 12.2 Å². The number of nitrogens with one attached hydrogen (secondary N) is 1. The van der Waals surface area contributed by atoms with Crippen LogP contribution in [0.15, 0.2) is 24.3 Å². The number of amides is 1. The van der Waals surface area contributed by atoms with Crippen molar-refractivity contribution >= 4 is 12.0 Å². The van der Waals surface area contributed by atoms with Gasteiger partial charge in [-0.3, -0.25) is 4.79 Å². The Hall–Kier alpha value is -1.97. The van der Waals surface area contributed by atoms with Gasteiger partial charge in [0.2, 0.25) is 5.91 Å². The maximum Gasteiger partial charge on any atom is 0.243 e. The van der Waals surface area contributed by atoms with Crippen molar-refractivity contribution in [3.8, 4) is 11.5 Å². The fraction of sp³-hybridized carbons (Fsp3) is 0.526. The maximum absolute atomic E-state index is 11.7. The molecule has 1 amide bonds. The Labute approximate surface area is 139 Å². The first-order valence-corrected chi connectivity index (χ1v) is 8.61. The number of carbonyl (C=O) groups excluding carboxylic acids is 1. The number of phenols is 2. The Morgan fingerprint density at radius 2 is 1.65 bits per heavy atom. The first kappa shape index (κ1) is 19.1. The Kier molecular flexibility index (Phi) is 9.60. The second-order valence-corrected chi connectivity index (χ2v) is 5.85. The van der Waals surface area contributed by atoms with Crippen LogP contribution in [0.5, 0.6) is 11.5 Å². The summed E-state index contributed by atoms with van der Waals surface area (Å²) >= 11 is 0. The number of aromatic hydroxyl groups is 2. The molecule has 0 radical (unpaired) electrons. The van der Waals surface area contributed by atoms with Gasteiger partial charge in [0.1, 0.15) is 0 Å². The van der Waals surface area contributed by atoms with Gasteiger partial charge in [0, 0.05) is 12.6 Å². The molecule has 1 aromatic rings.